The maximum Gasteiger partial charge on any atom is 0.331 e. The molecular formula is C17H21N3O4. The van der Waals surface area contributed by atoms with E-state index >= 15 is 0 Å². The summed E-state index contributed by atoms with van der Waals surface area (Å²) in [6, 6.07) is 8.56. The molecule has 0 atom stereocenters. The molecule has 0 bridgehead atoms. The number of amides is 1. The Bertz CT molecular complexity index is 809. The summed E-state index contributed by atoms with van der Waals surface area (Å²) in [4.78, 5) is 38.2. The summed E-state index contributed by atoms with van der Waals surface area (Å²) in [7, 11) is 0. The molecule has 7 nitrogen and oxygen atoms in total. The van der Waals surface area contributed by atoms with Gasteiger partial charge in [0, 0.05) is 12.2 Å². The third-order valence-electron chi connectivity index (χ3n) is 3.67. The summed E-state index contributed by atoms with van der Waals surface area (Å²) in [5, 5.41) is 12.8. The van der Waals surface area contributed by atoms with Gasteiger partial charge in [0.25, 0.3) is 11.5 Å². The van der Waals surface area contributed by atoms with Gasteiger partial charge in [-0.25, -0.2) is 4.79 Å². The normalized spacial score (nSPS) is 10.5. The Labute approximate surface area is 139 Å². The van der Waals surface area contributed by atoms with E-state index < -0.39 is 28.6 Å². The van der Waals surface area contributed by atoms with Crippen LogP contribution in [0.3, 0.4) is 0 Å². The van der Waals surface area contributed by atoms with Crippen LogP contribution in [0.4, 0.5) is 5.69 Å². The second kappa shape index (κ2) is 8.14. The van der Waals surface area contributed by atoms with Crippen LogP contribution in [-0.4, -0.2) is 20.6 Å². The molecule has 1 amide bonds. The van der Waals surface area contributed by atoms with Crippen LogP contribution in [-0.2, 0) is 6.54 Å². The molecule has 0 aliphatic rings. The lowest BCUT2D eigenvalue weighted by atomic mass is 10.2. The summed E-state index contributed by atoms with van der Waals surface area (Å²) in [5.74, 6) is -1.36. The molecule has 0 saturated heterocycles. The van der Waals surface area contributed by atoms with Crippen molar-refractivity contribution in [1.29, 1.82) is 0 Å². The highest BCUT2D eigenvalue weighted by Crippen LogP contribution is 2.14. The van der Waals surface area contributed by atoms with Crippen molar-refractivity contribution in [3.63, 3.8) is 0 Å². The predicted octanol–water partition coefficient (Wildman–Crippen LogP) is 2.07. The van der Waals surface area contributed by atoms with E-state index in [1.165, 1.54) is 0 Å². The van der Waals surface area contributed by atoms with E-state index in [9.17, 15) is 19.5 Å². The van der Waals surface area contributed by atoms with Crippen LogP contribution in [0.25, 0.3) is 0 Å². The Morgan fingerprint density at radius 1 is 1.17 bits per heavy atom. The second-order valence-corrected chi connectivity index (χ2v) is 5.49. The first-order valence-electron chi connectivity index (χ1n) is 7.97. The highest BCUT2D eigenvalue weighted by Gasteiger charge is 2.21. The minimum absolute atomic E-state index is 0.243. The van der Waals surface area contributed by atoms with Gasteiger partial charge in [-0.15, -0.1) is 0 Å². The maximum atomic E-state index is 12.3. The van der Waals surface area contributed by atoms with Crippen LogP contribution in [0.2, 0.25) is 0 Å². The van der Waals surface area contributed by atoms with Crippen LogP contribution in [0.5, 0.6) is 5.88 Å². The van der Waals surface area contributed by atoms with Gasteiger partial charge in [0.1, 0.15) is 0 Å². The lowest BCUT2D eigenvalue weighted by Crippen LogP contribution is -2.35. The van der Waals surface area contributed by atoms with Crippen molar-refractivity contribution in [2.24, 2.45) is 0 Å². The minimum Gasteiger partial charge on any atom is -0.494 e. The molecule has 0 unspecified atom stereocenters. The number of aromatic hydroxyl groups is 1. The Morgan fingerprint density at radius 2 is 1.88 bits per heavy atom. The molecular weight excluding hydrogens is 310 g/mol. The number of benzene rings is 1. The average Bonchev–Trinajstić information content (AvgIpc) is 2.54. The molecule has 0 radical (unpaired) electrons. The van der Waals surface area contributed by atoms with E-state index in [0.717, 1.165) is 23.8 Å². The molecule has 0 spiro atoms. The number of aromatic nitrogens is 2. The van der Waals surface area contributed by atoms with E-state index in [1.807, 2.05) is 0 Å². The molecule has 0 aliphatic heterocycles. The zero-order chi connectivity index (χ0) is 17.5. The van der Waals surface area contributed by atoms with E-state index in [4.69, 9.17) is 0 Å². The third kappa shape index (κ3) is 4.13. The predicted molar refractivity (Wildman–Crippen MR) is 91.5 cm³/mol. The molecule has 7 heteroatoms. The second-order valence-electron chi connectivity index (χ2n) is 5.49. The number of H-pyrrole nitrogens is 1. The number of unbranched alkanes of at least 4 members (excludes halogenated alkanes) is 3. The van der Waals surface area contributed by atoms with Gasteiger partial charge in [-0.05, 0) is 18.6 Å². The number of carbonyl (C=O) groups is 1. The number of hydrogen-bond acceptors (Lipinski definition) is 4. The van der Waals surface area contributed by atoms with E-state index in [2.05, 4.69) is 17.2 Å². The summed E-state index contributed by atoms with van der Waals surface area (Å²) in [6.45, 7) is 2.31. The highest BCUT2D eigenvalue weighted by molar-refractivity contribution is 6.05. The fourth-order valence-electron chi connectivity index (χ4n) is 2.38. The Hall–Kier alpha value is -2.83. The standard InChI is InChI=1S/C17H21N3O4/c1-2-3-4-8-11-20-16(23)13(15(22)19-17(20)24)14(21)18-12-9-6-5-7-10-12/h5-7,9-10,23H,2-4,8,11H2,1H3,(H,18,21)(H,19,22,24). The van der Waals surface area contributed by atoms with E-state index in [1.54, 1.807) is 30.3 Å². The van der Waals surface area contributed by atoms with Crippen LogP contribution in [0, 0.1) is 0 Å². The van der Waals surface area contributed by atoms with Crippen molar-refractivity contribution in [2.75, 3.05) is 5.32 Å². The summed E-state index contributed by atoms with van der Waals surface area (Å²) in [5.41, 5.74) is -1.60. The first kappa shape index (κ1) is 17.5. The van der Waals surface area contributed by atoms with Gasteiger partial charge in [0.2, 0.25) is 5.88 Å². The lowest BCUT2D eigenvalue weighted by Gasteiger charge is -2.11. The van der Waals surface area contributed by atoms with Crippen LogP contribution in [0.15, 0.2) is 39.9 Å². The SMILES string of the molecule is CCCCCCn1c(O)c(C(=O)Nc2ccccc2)c(=O)[nH]c1=O. The topological polar surface area (TPSA) is 104 Å². The maximum absolute atomic E-state index is 12.3. The van der Waals surface area contributed by atoms with Crippen molar-refractivity contribution in [3.05, 3.63) is 56.7 Å². The lowest BCUT2D eigenvalue weighted by molar-refractivity contribution is 0.102. The van der Waals surface area contributed by atoms with Gasteiger partial charge in [-0.3, -0.25) is 19.1 Å². The Morgan fingerprint density at radius 3 is 2.54 bits per heavy atom. The largest absolute Gasteiger partial charge is 0.494 e. The molecule has 3 N–H and O–H groups in total. The fraction of sp³-hybridized carbons (Fsp3) is 0.353. The molecule has 0 aliphatic carbocycles. The summed E-state index contributed by atoms with van der Waals surface area (Å²) in [6.07, 6.45) is 3.62. The first-order chi connectivity index (χ1) is 11.5. The summed E-state index contributed by atoms with van der Waals surface area (Å²) >= 11 is 0. The number of aromatic amines is 1. The molecule has 1 aromatic carbocycles. The van der Waals surface area contributed by atoms with Crippen molar-refractivity contribution in [2.45, 2.75) is 39.2 Å². The zero-order valence-corrected chi connectivity index (χ0v) is 13.5. The smallest absolute Gasteiger partial charge is 0.331 e. The van der Waals surface area contributed by atoms with Crippen LogP contribution >= 0.6 is 0 Å². The number of hydrogen-bond donors (Lipinski definition) is 3. The molecule has 2 rings (SSSR count). The zero-order valence-electron chi connectivity index (χ0n) is 13.5. The molecule has 128 valence electrons. The number of rotatable bonds is 7. The molecule has 1 aromatic heterocycles. The van der Waals surface area contributed by atoms with Gasteiger partial charge in [0.05, 0.1) is 0 Å². The third-order valence-corrected chi connectivity index (χ3v) is 3.67. The Kier molecular flexibility index (Phi) is 5.95. The van der Waals surface area contributed by atoms with Crippen LogP contribution < -0.4 is 16.6 Å². The van der Waals surface area contributed by atoms with Gasteiger partial charge in [0.15, 0.2) is 5.56 Å². The van der Waals surface area contributed by atoms with Gasteiger partial charge in [-0.1, -0.05) is 44.4 Å². The summed E-state index contributed by atoms with van der Waals surface area (Å²) < 4.78 is 1.02. The van der Waals surface area contributed by atoms with E-state index in [0.29, 0.717) is 12.1 Å². The number of nitrogens with one attached hydrogen (secondary N) is 2. The van der Waals surface area contributed by atoms with Gasteiger partial charge in [-0.2, -0.15) is 0 Å². The minimum atomic E-state index is -0.907. The number of para-hydroxylation sites is 1. The monoisotopic (exact) mass is 331 g/mol. The number of anilines is 1. The first-order valence-corrected chi connectivity index (χ1v) is 7.97. The Balaban J connectivity index is 2.27. The van der Waals surface area contributed by atoms with Crippen molar-refractivity contribution in [1.82, 2.24) is 9.55 Å². The van der Waals surface area contributed by atoms with E-state index in [-0.39, 0.29) is 6.54 Å². The van der Waals surface area contributed by atoms with Crippen LogP contribution in [0.1, 0.15) is 43.0 Å². The highest BCUT2D eigenvalue weighted by atomic mass is 16.3. The van der Waals surface area contributed by atoms with Crippen molar-refractivity contribution in [3.8, 4) is 5.88 Å². The molecule has 2 aromatic rings. The van der Waals surface area contributed by atoms with Gasteiger partial charge < -0.3 is 10.4 Å². The number of carbonyl (C=O) groups excluding carboxylic acids is 1. The average molecular weight is 331 g/mol. The van der Waals surface area contributed by atoms with Crippen molar-refractivity contribution >= 4 is 11.6 Å². The quantitative estimate of drug-likeness (QED) is 0.676. The fourth-order valence-corrected chi connectivity index (χ4v) is 2.38. The molecule has 0 saturated carbocycles. The molecule has 24 heavy (non-hydrogen) atoms. The molecule has 0 fully saturated rings. The number of nitrogens with zero attached hydrogens (tertiary/aromatic N) is 1. The van der Waals surface area contributed by atoms with Gasteiger partial charge >= 0.3 is 5.69 Å². The molecule has 1 heterocycles. The van der Waals surface area contributed by atoms with Crippen molar-refractivity contribution < 1.29 is 9.90 Å².